The highest BCUT2D eigenvalue weighted by Crippen LogP contribution is 2.34. The summed E-state index contributed by atoms with van der Waals surface area (Å²) < 4.78 is 14.9. The van der Waals surface area contributed by atoms with Gasteiger partial charge in [-0.05, 0) is 19.9 Å². The third-order valence-electron chi connectivity index (χ3n) is 7.94. The van der Waals surface area contributed by atoms with Gasteiger partial charge in [0.05, 0.1) is 12.9 Å². The first-order valence-corrected chi connectivity index (χ1v) is 14.7. The Labute approximate surface area is 266 Å². The van der Waals surface area contributed by atoms with E-state index in [1.807, 2.05) is 0 Å². The van der Waals surface area contributed by atoms with Crippen LogP contribution in [0.3, 0.4) is 0 Å². The summed E-state index contributed by atoms with van der Waals surface area (Å²) in [5.41, 5.74) is 13.1. The normalized spacial score (nSPS) is 27.4. The van der Waals surface area contributed by atoms with Gasteiger partial charge in [-0.25, -0.2) is 34.7 Å². The summed E-state index contributed by atoms with van der Waals surface area (Å²) in [5, 5.41) is 48.4. The predicted molar refractivity (Wildman–Crippen MR) is 163 cm³/mol. The molecule has 0 bridgehead atoms. The van der Waals surface area contributed by atoms with Crippen LogP contribution in [-0.2, 0) is 9.47 Å². The lowest BCUT2D eigenvalue weighted by molar-refractivity contribution is -0.0413. The molecule has 0 unspecified atom stereocenters. The first-order valence-electron chi connectivity index (χ1n) is 14.7. The van der Waals surface area contributed by atoms with E-state index in [-0.39, 0.29) is 48.3 Å². The van der Waals surface area contributed by atoms with Crippen molar-refractivity contribution in [3.05, 3.63) is 24.8 Å². The van der Waals surface area contributed by atoms with Crippen LogP contribution in [0.2, 0.25) is 0 Å². The minimum atomic E-state index is -1.41. The van der Waals surface area contributed by atoms with Crippen molar-refractivity contribution in [2.24, 2.45) is 0 Å². The number of aromatic nitrogens is 8. The molecular formula is C27H35N13O7. The number of amides is 2. The van der Waals surface area contributed by atoms with Crippen molar-refractivity contribution in [1.82, 2.24) is 54.6 Å². The fourth-order valence-corrected chi connectivity index (χ4v) is 5.57. The summed E-state index contributed by atoms with van der Waals surface area (Å²) in [4.78, 5) is 38.7. The molecule has 2 aliphatic heterocycles. The highest BCUT2D eigenvalue weighted by atomic mass is 16.6. The van der Waals surface area contributed by atoms with E-state index in [0.717, 1.165) is 0 Å². The highest BCUT2D eigenvalue weighted by Gasteiger charge is 2.46. The summed E-state index contributed by atoms with van der Waals surface area (Å²) in [6, 6.07) is -0.443. The topological polar surface area (TPSA) is 283 Å². The second-order valence-corrected chi connectivity index (χ2v) is 11.2. The van der Waals surface area contributed by atoms with Gasteiger partial charge >= 0.3 is 6.03 Å². The number of aliphatic hydroxyl groups excluding tert-OH is 4. The van der Waals surface area contributed by atoms with Crippen LogP contribution in [0.4, 0.5) is 16.4 Å². The van der Waals surface area contributed by atoms with Crippen LogP contribution in [0.1, 0.15) is 25.2 Å². The number of carbonyl (C=O) groups is 1. The number of rotatable bonds is 8. The molecule has 0 saturated carbocycles. The van der Waals surface area contributed by atoms with E-state index in [1.165, 1.54) is 28.1 Å². The van der Waals surface area contributed by atoms with Crippen LogP contribution in [-0.4, -0.2) is 140 Å². The molecule has 20 nitrogen and oxygen atoms in total. The number of nitrogens with zero attached hydrogens (tertiary/aromatic N) is 9. The summed E-state index contributed by atoms with van der Waals surface area (Å²) in [6.07, 6.45) is -5.17. The molecule has 20 heteroatoms. The minimum Gasteiger partial charge on any atom is -0.387 e. The number of nitrogens with one attached hydrogen (secondary N) is 2. The van der Waals surface area contributed by atoms with Crippen LogP contribution in [0.15, 0.2) is 19.0 Å². The van der Waals surface area contributed by atoms with Crippen LogP contribution < -0.4 is 22.1 Å². The predicted octanol–water partition coefficient (Wildman–Crippen LogP) is -3.33. The van der Waals surface area contributed by atoms with Gasteiger partial charge in [-0.1, -0.05) is 5.92 Å². The van der Waals surface area contributed by atoms with Gasteiger partial charge in [-0.2, -0.15) is 0 Å². The first-order chi connectivity index (χ1) is 22.6. The van der Waals surface area contributed by atoms with E-state index < -0.39 is 55.1 Å². The van der Waals surface area contributed by atoms with E-state index in [9.17, 15) is 25.2 Å². The molecule has 2 aliphatic rings. The number of aliphatic hydroxyl groups is 4. The molecule has 2 saturated heterocycles. The quantitative estimate of drug-likeness (QED) is 0.0863. The van der Waals surface area contributed by atoms with E-state index in [1.54, 1.807) is 18.9 Å². The maximum atomic E-state index is 11.9. The Balaban J connectivity index is 1.17. The van der Waals surface area contributed by atoms with Gasteiger partial charge in [0.25, 0.3) is 0 Å². The minimum absolute atomic E-state index is 0.0698. The van der Waals surface area contributed by atoms with Gasteiger partial charge in [0.1, 0.15) is 54.8 Å². The maximum absolute atomic E-state index is 11.9. The van der Waals surface area contributed by atoms with E-state index in [2.05, 4.69) is 52.4 Å². The van der Waals surface area contributed by atoms with Gasteiger partial charge in [-0.3, -0.25) is 14.0 Å². The molecule has 47 heavy (non-hydrogen) atoms. The molecule has 0 radical (unpaired) electrons. The molecular weight excluding hydrogens is 618 g/mol. The van der Waals surface area contributed by atoms with Gasteiger partial charge in [-0.15, -0.1) is 0 Å². The average Bonchev–Trinajstić information content (AvgIpc) is 3.78. The van der Waals surface area contributed by atoms with Gasteiger partial charge in [0.15, 0.2) is 46.7 Å². The SMILES string of the molecule is CCNC(=O)NC[C@H]1O[C@@H](n2c(C#CCN(C)C[C@H]3O[C@@H](n4cnc5c(N)ncnc54)[C@H](O)[C@@H]3O)nc3c(N)ncnc32)[C@H](O)[C@@H]1O. The molecule has 8 atom stereocenters. The zero-order valence-electron chi connectivity index (χ0n) is 25.4. The molecule has 10 N–H and O–H groups in total. The van der Waals surface area contributed by atoms with Crippen molar-refractivity contribution in [2.45, 2.75) is 56.0 Å². The van der Waals surface area contributed by atoms with Crippen LogP contribution >= 0.6 is 0 Å². The van der Waals surface area contributed by atoms with Gasteiger partial charge < -0.3 is 52.0 Å². The van der Waals surface area contributed by atoms with Crippen molar-refractivity contribution in [2.75, 3.05) is 44.7 Å². The number of nitrogens with two attached hydrogens (primary N) is 2. The lowest BCUT2D eigenvalue weighted by Crippen LogP contribution is -2.43. The molecule has 4 aromatic heterocycles. The Morgan fingerprint density at radius 2 is 1.57 bits per heavy atom. The molecule has 4 aromatic rings. The number of urea groups is 1. The number of hydrogen-bond acceptors (Lipinski definition) is 16. The van der Waals surface area contributed by atoms with Crippen molar-refractivity contribution < 1.29 is 34.7 Å². The summed E-state index contributed by atoms with van der Waals surface area (Å²) >= 11 is 0. The van der Waals surface area contributed by atoms with Crippen molar-refractivity contribution >= 4 is 40.0 Å². The number of fused-ring (bicyclic) bond motifs is 2. The van der Waals surface area contributed by atoms with E-state index in [0.29, 0.717) is 17.7 Å². The number of hydrogen-bond donors (Lipinski definition) is 8. The molecule has 6 rings (SSSR count). The number of likely N-dealkylation sites (N-methyl/N-ethyl adjacent to an activating group) is 1. The second-order valence-electron chi connectivity index (χ2n) is 11.2. The number of imidazole rings is 2. The Kier molecular flexibility index (Phi) is 9.02. The Morgan fingerprint density at radius 3 is 2.32 bits per heavy atom. The molecule has 2 fully saturated rings. The third kappa shape index (κ3) is 6.08. The molecule has 6 heterocycles. The molecule has 0 aliphatic carbocycles. The van der Waals surface area contributed by atoms with Crippen LogP contribution in [0.25, 0.3) is 22.3 Å². The monoisotopic (exact) mass is 653 g/mol. The molecule has 250 valence electrons. The van der Waals surface area contributed by atoms with E-state index in [4.69, 9.17) is 20.9 Å². The third-order valence-corrected chi connectivity index (χ3v) is 7.94. The maximum Gasteiger partial charge on any atom is 0.314 e. The van der Waals surface area contributed by atoms with Crippen molar-refractivity contribution in [3.63, 3.8) is 0 Å². The summed E-state index contributed by atoms with van der Waals surface area (Å²) in [6.45, 7) is 2.47. The summed E-state index contributed by atoms with van der Waals surface area (Å²) in [5.74, 6) is 6.34. The van der Waals surface area contributed by atoms with Crippen LogP contribution in [0, 0.1) is 11.8 Å². The molecule has 0 aromatic carbocycles. The number of carbonyl (C=O) groups excluding carboxylic acids is 1. The van der Waals surface area contributed by atoms with Crippen molar-refractivity contribution in [1.29, 1.82) is 0 Å². The fraction of sp³-hybridized carbons (Fsp3) is 0.519. The Morgan fingerprint density at radius 1 is 0.915 bits per heavy atom. The summed E-state index contributed by atoms with van der Waals surface area (Å²) in [7, 11) is 1.75. The average molecular weight is 654 g/mol. The van der Waals surface area contributed by atoms with Crippen LogP contribution in [0.5, 0.6) is 0 Å². The largest absolute Gasteiger partial charge is 0.387 e. The first kappa shape index (κ1) is 32.2. The van der Waals surface area contributed by atoms with Gasteiger partial charge in [0.2, 0.25) is 0 Å². The second kappa shape index (κ2) is 13.2. The molecule has 2 amide bonds. The Hall–Kier alpha value is -4.75. The zero-order chi connectivity index (χ0) is 33.4. The van der Waals surface area contributed by atoms with Gasteiger partial charge in [0, 0.05) is 19.6 Å². The fourth-order valence-electron chi connectivity index (χ4n) is 5.57. The number of nitrogen functional groups attached to an aromatic ring is 2. The lowest BCUT2D eigenvalue weighted by Gasteiger charge is -2.21. The highest BCUT2D eigenvalue weighted by molar-refractivity contribution is 5.83. The Bertz CT molecular complexity index is 1820. The van der Waals surface area contributed by atoms with E-state index >= 15 is 0 Å². The smallest absolute Gasteiger partial charge is 0.314 e. The van der Waals surface area contributed by atoms with Crippen molar-refractivity contribution in [3.8, 4) is 11.8 Å². The zero-order valence-corrected chi connectivity index (χ0v) is 25.4. The number of anilines is 2. The number of ether oxygens (including phenoxy) is 2. The standard InChI is InChI=1S/C27H35N13O7/c1-3-30-27(45)31-7-12-17(41)20(44)26(46-12)40-14(37-16-22(29)33-10-35-24(16)40)5-4-6-38(2)8-13-18(42)19(43)25(47-13)39-11-36-15-21(28)32-9-34-23(15)39/h9-13,17-20,25-26,41-44H,3,6-8H2,1-2H3,(H2,28,32,34)(H2,29,33,35)(H2,30,31,45)/t12-,13-,17-,18-,19-,20-,25-,26-/m1/s1. The molecule has 0 spiro atoms. The lowest BCUT2D eigenvalue weighted by atomic mass is 10.1.